The normalized spacial score (nSPS) is 11.6. The molecule has 0 bridgehead atoms. The number of sulfonamides is 1. The Bertz CT molecular complexity index is 1140. The van der Waals surface area contributed by atoms with Gasteiger partial charge in [0.05, 0.1) is 0 Å². The lowest BCUT2D eigenvalue weighted by Crippen LogP contribution is -2.22. The molecule has 2 aromatic heterocycles. The molecule has 0 saturated carbocycles. The molecule has 0 amide bonds. The standard InChI is InChI=1S/C19H16N4O3S/c24-27(25,21-12-14-7-3-1-4-8-14)16-11-17(20-13-16)19-23-22-18(26-19)15-9-5-2-6-10-15/h1-11,13,20-21H,12H2. The first kappa shape index (κ1) is 17.2. The van der Waals surface area contributed by atoms with E-state index in [0.29, 0.717) is 11.6 Å². The van der Waals surface area contributed by atoms with Crippen molar-refractivity contribution in [1.82, 2.24) is 19.9 Å². The number of hydrogen-bond donors (Lipinski definition) is 2. The summed E-state index contributed by atoms with van der Waals surface area (Å²) < 4.78 is 33.2. The van der Waals surface area contributed by atoms with Gasteiger partial charge < -0.3 is 9.40 Å². The van der Waals surface area contributed by atoms with Gasteiger partial charge >= 0.3 is 0 Å². The predicted octanol–water partition coefficient (Wildman–Crippen LogP) is 3.21. The van der Waals surface area contributed by atoms with Gasteiger partial charge in [-0.25, -0.2) is 13.1 Å². The Morgan fingerprint density at radius 2 is 1.59 bits per heavy atom. The fourth-order valence-electron chi connectivity index (χ4n) is 2.54. The van der Waals surface area contributed by atoms with E-state index in [1.54, 1.807) is 0 Å². The van der Waals surface area contributed by atoms with Crippen LogP contribution in [0.5, 0.6) is 0 Å². The van der Waals surface area contributed by atoms with Gasteiger partial charge in [0.1, 0.15) is 10.6 Å². The second-order valence-corrected chi connectivity index (χ2v) is 7.60. The molecular formula is C19H16N4O3S. The lowest BCUT2D eigenvalue weighted by molar-refractivity contribution is 0.581. The van der Waals surface area contributed by atoms with Crippen molar-refractivity contribution in [2.24, 2.45) is 0 Å². The molecule has 2 N–H and O–H groups in total. The zero-order valence-corrected chi connectivity index (χ0v) is 15.0. The maximum atomic E-state index is 12.5. The van der Waals surface area contributed by atoms with Gasteiger partial charge in [-0.3, -0.25) is 0 Å². The molecule has 27 heavy (non-hydrogen) atoms. The molecule has 0 spiro atoms. The molecule has 4 aromatic rings. The predicted molar refractivity (Wildman–Crippen MR) is 100.0 cm³/mol. The first-order valence-corrected chi connectivity index (χ1v) is 9.71. The minimum Gasteiger partial charge on any atom is -0.415 e. The highest BCUT2D eigenvalue weighted by Crippen LogP contribution is 2.24. The fraction of sp³-hybridized carbons (Fsp3) is 0.0526. The summed E-state index contributed by atoms with van der Waals surface area (Å²) in [6.07, 6.45) is 1.40. The van der Waals surface area contributed by atoms with Crippen molar-refractivity contribution in [2.75, 3.05) is 0 Å². The number of benzene rings is 2. The van der Waals surface area contributed by atoms with Crippen molar-refractivity contribution in [2.45, 2.75) is 11.4 Å². The smallest absolute Gasteiger partial charge is 0.264 e. The summed E-state index contributed by atoms with van der Waals surface area (Å²) in [6, 6.07) is 20.1. The van der Waals surface area contributed by atoms with E-state index in [1.807, 2.05) is 60.7 Å². The number of nitrogens with zero attached hydrogens (tertiary/aromatic N) is 2. The van der Waals surface area contributed by atoms with Crippen LogP contribution in [0.2, 0.25) is 0 Å². The Morgan fingerprint density at radius 1 is 0.926 bits per heavy atom. The van der Waals surface area contributed by atoms with E-state index in [1.165, 1.54) is 12.3 Å². The van der Waals surface area contributed by atoms with Gasteiger partial charge in [-0.15, -0.1) is 10.2 Å². The molecule has 0 unspecified atom stereocenters. The molecule has 0 saturated heterocycles. The van der Waals surface area contributed by atoms with Gasteiger partial charge in [-0.05, 0) is 23.8 Å². The van der Waals surface area contributed by atoms with Gasteiger partial charge in [0, 0.05) is 18.3 Å². The molecule has 8 heteroatoms. The molecule has 0 aliphatic rings. The zero-order chi connectivity index (χ0) is 18.7. The van der Waals surface area contributed by atoms with Crippen molar-refractivity contribution in [3.8, 4) is 23.0 Å². The first-order chi connectivity index (χ1) is 13.1. The third-order valence-corrected chi connectivity index (χ3v) is 5.33. The zero-order valence-electron chi connectivity index (χ0n) is 14.2. The molecular weight excluding hydrogens is 364 g/mol. The van der Waals surface area contributed by atoms with Crippen LogP contribution in [0, 0.1) is 0 Å². The van der Waals surface area contributed by atoms with Crippen LogP contribution in [0.4, 0.5) is 0 Å². The highest BCUT2D eigenvalue weighted by Gasteiger charge is 2.19. The lowest BCUT2D eigenvalue weighted by atomic mass is 10.2. The van der Waals surface area contributed by atoms with Crippen molar-refractivity contribution >= 4 is 10.0 Å². The molecule has 0 aliphatic heterocycles. The maximum absolute atomic E-state index is 12.5. The Balaban J connectivity index is 1.52. The summed E-state index contributed by atoms with van der Waals surface area (Å²) in [4.78, 5) is 2.98. The summed E-state index contributed by atoms with van der Waals surface area (Å²) in [6.45, 7) is 0.211. The van der Waals surface area contributed by atoms with Crippen molar-refractivity contribution in [3.63, 3.8) is 0 Å². The first-order valence-electron chi connectivity index (χ1n) is 8.23. The molecule has 7 nitrogen and oxygen atoms in total. The number of hydrogen-bond acceptors (Lipinski definition) is 5. The van der Waals surface area contributed by atoms with Crippen molar-refractivity contribution in [1.29, 1.82) is 0 Å². The second kappa shape index (κ2) is 7.18. The Kier molecular flexibility index (Phi) is 4.57. The van der Waals surface area contributed by atoms with Crippen LogP contribution < -0.4 is 4.72 Å². The third kappa shape index (κ3) is 3.81. The Hall–Kier alpha value is -3.23. The number of aromatic nitrogens is 3. The summed E-state index contributed by atoms with van der Waals surface area (Å²) in [5.74, 6) is 0.588. The molecule has 2 aromatic carbocycles. The second-order valence-electron chi connectivity index (χ2n) is 5.84. The number of aromatic amines is 1. The van der Waals surface area contributed by atoms with Gasteiger partial charge in [-0.2, -0.15) is 0 Å². The Labute approximate surface area is 156 Å². The molecule has 2 heterocycles. The van der Waals surface area contributed by atoms with Gasteiger partial charge in [0.15, 0.2) is 0 Å². The Morgan fingerprint density at radius 3 is 2.33 bits per heavy atom. The quantitative estimate of drug-likeness (QED) is 0.535. The molecule has 136 valence electrons. The van der Waals surface area contributed by atoms with Crippen LogP contribution in [-0.4, -0.2) is 23.6 Å². The van der Waals surface area contributed by atoms with Gasteiger partial charge in [-0.1, -0.05) is 48.5 Å². The molecule has 0 atom stereocenters. The summed E-state index contributed by atoms with van der Waals surface area (Å²) in [7, 11) is -3.66. The van der Waals surface area contributed by atoms with Crippen molar-refractivity contribution < 1.29 is 12.8 Å². The van der Waals surface area contributed by atoms with Crippen LogP contribution in [0.25, 0.3) is 23.0 Å². The van der Waals surface area contributed by atoms with Gasteiger partial charge in [0.25, 0.3) is 5.89 Å². The maximum Gasteiger partial charge on any atom is 0.264 e. The average Bonchev–Trinajstić information content (AvgIpc) is 3.38. The topological polar surface area (TPSA) is 101 Å². The SMILES string of the molecule is O=S(=O)(NCc1ccccc1)c1c[nH]c(-c2nnc(-c3ccccc3)o2)c1. The average molecular weight is 380 g/mol. The van der Waals surface area contributed by atoms with E-state index in [4.69, 9.17) is 4.42 Å². The number of nitrogens with one attached hydrogen (secondary N) is 2. The minimum atomic E-state index is -3.66. The highest BCUT2D eigenvalue weighted by molar-refractivity contribution is 7.89. The molecule has 4 rings (SSSR count). The summed E-state index contributed by atoms with van der Waals surface area (Å²) in [5.41, 5.74) is 2.10. The van der Waals surface area contributed by atoms with Crippen LogP contribution in [0.15, 0.2) is 82.2 Å². The van der Waals surface area contributed by atoms with Gasteiger partial charge in [0.2, 0.25) is 15.9 Å². The van der Waals surface area contributed by atoms with Crippen LogP contribution in [-0.2, 0) is 16.6 Å². The summed E-state index contributed by atoms with van der Waals surface area (Å²) in [5, 5.41) is 8.00. The largest absolute Gasteiger partial charge is 0.415 e. The lowest BCUT2D eigenvalue weighted by Gasteiger charge is -2.04. The van der Waals surface area contributed by atoms with E-state index in [0.717, 1.165) is 11.1 Å². The molecule has 0 radical (unpaired) electrons. The monoisotopic (exact) mass is 380 g/mol. The number of H-pyrrole nitrogens is 1. The molecule has 0 fully saturated rings. The van der Waals surface area contributed by atoms with Crippen LogP contribution in [0.3, 0.4) is 0 Å². The highest BCUT2D eigenvalue weighted by atomic mass is 32.2. The fourth-order valence-corrected chi connectivity index (χ4v) is 3.55. The number of rotatable bonds is 6. The van der Waals surface area contributed by atoms with Crippen molar-refractivity contribution in [3.05, 3.63) is 78.5 Å². The minimum absolute atomic E-state index is 0.105. The van der Waals surface area contributed by atoms with Crippen LogP contribution in [0.1, 0.15) is 5.56 Å². The van der Waals surface area contributed by atoms with E-state index >= 15 is 0 Å². The van der Waals surface area contributed by atoms with E-state index in [-0.39, 0.29) is 17.3 Å². The van der Waals surface area contributed by atoms with E-state index < -0.39 is 10.0 Å². The van der Waals surface area contributed by atoms with Crippen LogP contribution >= 0.6 is 0 Å². The third-order valence-electron chi connectivity index (χ3n) is 3.95. The van der Waals surface area contributed by atoms with E-state index in [9.17, 15) is 8.42 Å². The summed E-state index contributed by atoms with van der Waals surface area (Å²) >= 11 is 0. The molecule has 0 aliphatic carbocycles. The van der Waals surface area contributed by atoms with E-state index in [2.05, 4.69) is 19.9 Å².